The largest absolute Gasteiger partial charge is 0.370 e. The zero-order valence-corrected chi connectivity index (χ0v) is 21.2. The third-order valence-corrected chi connectivity index (χ3v) is 7.04. The van der Waals surface area contributed by atoms with Crippen molar-refractivity contribution in [3.63, 3.8) is 0 Å². The summed E-state index contributed by atoms with van der Waals surface area (Å²) in [5.74, 6) is -0.266. The summed E-state index contributed by atoms with van der Waals surface area (Å²) in [4.78, 5) is 25.4. The van der Waals surface area contributed by atoms with E-state index in [2.05, 4.69) is 39.5 Å². The van der Waals surface area contributed by atoms with Gasteiger partial charge in [-0.15, -0.1) is 0 Å². The monoisotopic (exact) mass is 503 g/mol. The molecule has 2 aromatic heterocycles. The van der Waals surface area contributed by atoms with Crippen molar-refractivity contribution in [2.75, 3.05) is 29.9 Å². The Bertz CT molecular complexity index is 1490. The van der Waals surface area contributed by atoms with Gasteiger partial charge in [-0.05, 0) is 51.0 Å². The lowest BCUT2D eigenvalue weighted by molar-refractivity contribution is 0.102. The second-order valence-corrected chi connectivity index (χ2v) is 10.2. The zero-order chi connectivity index (χ0) is 25.7. The summed E-state index contributed by atoms with van der Waals surface area (Å²) in [6.07, 6.45) is 5.16. The van der Waals surface area contributed by atoms with Crippen LogP contribution in [-0.4, -0.2) is 57.4 Å². The van der Waals surface area contributed by atoms with Crippen molar-refractivity contribution in [2.45, 2.75) is 44.9 Å². The average molecular weight is 504 g/mol. The molecule has 0 aliphatic carbocycles. The van der Waals surface area contributed by atoms with E-state index < -0.39 is 5.82 Å². The average Bonchev–Trinajstić information content (AvgIpc) is 3.52. The van der Waals surface area contributed by atoms with E-state index in [0.717, 1.165) is 37.0 Å². The van der Waals surface area contributed by atoms with Crippen molar-refractivity contribution in [2.24, 2.45) is 7.05 Å². The number of halogens is 1. The van der Waals surface area contributed by atoms with Gasteiger partial charge in [-0.2, -0.15) is 5.10 Å². The van der Waals surface area contributed by atoms with Crippen molar-refractivity contribution < 1.29 is 13.9 Å². The van der Waals surface area contributed by atoms with Gasteiger partial charge in [0.15, 0.2) is 11.6 Å². The first kappa shape index (κ1) is 23.7. The van der Waals surface area contributed by atoms with Crippen LogP contribution in [0.15, 0.2) is 36.7 Å². The van der Waals surface area contributed by atoms with E-state index in [9.17, 15) is 9.18 Å². The Morgan fingerprint density at radius 3 is 2.76 bits per heavy atom. The summed E-state index contributed by atoms with van der Waals surface area (Å²) in [7, 11) is 1.73. The number of hydrogen-bond acceptors (Lipinski definition) is 7. The lowest BCUT2D eigenvalue weighted by Gasteiger charge is -2.38. The number of piperazine rings is 1. The Morgan fingerprint density at radius 1 is 1.19 bits per heavy atom. The molecule has 37 heavy (non-hydrogen) atoms. The topological polar surface area (TPSA) is 97.2 Å². The Kier molecular flexibility index (Phi) is 6.00. The number of carbonyl (C=O) groups excluding carboxylic acids is 1. The third-order valence-electron chi connectivity index (χ3n) is 7.04. The van der Waals surface area contributed by atoms with Crippen molar-refractivity contribution in [3.8, 4) is 0 Å². The van der Waals surface area contributed by atoms with Gasteiger partial charge in [0, 0.05) is 73.4 Å². The molecule has 9 nitrogen and oxygen atoms in total. The second-order valence-electron chi connectivity index (χ2n) is 10.2. The summed E-state index contributed by atoms with van der Waals surface area (Å²) in [5, 5.41) is 12.0. The molecule has 3 atom stereocenters. The predicted molar refractivity (Wildman–Crippen MR) is 140 cm³/mol. The molecule has 6 rings (SSSR count). The molecule has 0 radical (unpaired) electrons. The van der Waals surface area contributed by atoms with E-state index in [4.69, 9.17) is 9.72 Å². The molecule has 4 aromatic rings. The highest BCUT2D eigenvalue weighted by atomic mass is 19.1. The van der Waals surface area contributed by atoms with Crippen LogP contribution in [0.1, 0.15) is 49.0 Å². The highest BCUT2D eigenvalue weighted by molar-refractivity contribution is 6.14. The van der Waals surface area contributed by atoms with Crippen molar-refractivity contribution in [3.05, 3.63) is 53.9 Å². The van der Waals surface area contributed by atoms with Gasteiger partial charge in [0.2, 0.25) is 0 Å². The number of nitrogens with one attached hydrogen (secondary N) is 2. The Balaban J connectivity index is 1.41. The molecular weight excluding hydrogens is 473 g/mol. The number of fused-ring (bicyclic) bond motifs is 2. The molecule has 0 unspecified atom stereocenters. The van der Waals surface area contributed by atoms with Crippen LogP contribution in [0, 0.1) is 5.82 Å². The predicted octanol–water partition coefficient (Wildman–Crippen LogP) is 3.95. The van der Waals surface area contributed by atoms with E-state index >= 15 is 0 Å². The molecule has 2 N–H and O–H groups in total. The minimum atomic E-state index is -0.487. The number of aryl methyl sites for hydroxylation is 1. The van der Waals surface area contributed by atoms with Gasteiger partial charge < -0.3 is 20.3 Å². The summed E-state index contributed by atoms with van der Waals surface area (Å²) >= 11 is 0. The first-order chi connectivity index (χ1) is 17.9. The first-order valence-corrected chi connectivity index (χ1v) is 12.7. The maximum absolute atomic E-state index is 14.6. The molecule has 10 heteroatoms. The molecule has 2 saturated heterocycles. The molecule has 0 bridgehead atoms. The third kappa shape index (κ3) is 4.51. The van der Waals surface area contributed by atoms with Crippen LogP contribution in [0.5, 0.6) is 0 Å². The number of ether oxygens (including phenoxy) is 1. The molecule has 0 spiro atoms. The highest BCUT2D eigenvalue weighted by Crippen LogP contribution is 2.33. The van der Waals surface area contributed by atoms with Crippen LogP contribution in [0.3, 0.4) is 0 Å². The molecule has 2 aromatic carbocycles. The number of carbonyl (C=O) groups is 1. The van der Waals surface area contributed by atoms with Gasteiger partial charge in [-0.3, -0.25) is 9.48 Å². The number of aromatic nitrogens is 4. The molecule has 4 heterocycles. The number of benzene rings is 2. The lowest BCUT2D eigenvalue weighted by atomic mass is 10.0. The van der Waals surface area contributed by atoms with Crippen molar-refractivity contribution in [1.82, 2.24) is 25.1 Å². The molecular formula is C27H30FN7O2. The van der Waals surface area contributed by atoms with Gasteiger partial charge in [-0.25, -0.2) is 14.4 Å². The van der Waals surface area contributed by atoms with Gasteiger partial charge in [0.1, 0.15) is 11.6 Å². The van der Waals surface area contributed by atoms with Crippen LogP contribution in [0.25, 0.3) is 21.8 Å². The standard InChI is InChI=1S/C27H30FN7O2/c1-15-12-35(13-16(2)30-15)22-7-6-19(25-20(22)11-29-26(32-25)23-5-4-8-37-23)27(36)31-18-9-17-14-34(3)33-24(17)21(28)10-18/h6-7,9-11,14-16,23,30H,4-5,8,12-13H2,1-3H3,(H,31,36)/t15-,16-,23-/m0/s1. The van der Waals surface area contributed by atoms with Gasteiger partial charge >= 0.3 is 0 Å². The Morgan fingerprint density at radius 2 is 2.00 bits per heavy atom. The highest BCUT2D eigenvalue weighted by Gasteiger charge is 2.26. The molecule has 2 fully saturated rings. The van der Waals surface area contributed by atoms with Crippen LogP contribution in [0.2, 0.25) is 0 Å². The minimum Gasteiger partial charge on any atom is -0.370 e. The van der Waals surface area contributed by atoms with Crippen molar-refractivity contribution >= 4 is 39.1 Å². The van der Waals surface area contributed by atoms with E-state index in [0.29, 0.717) is 46.7 Å². The van der Waals surface area contributed by atoms with Crippen molar-refractivity contribution in [1.29, 1.82) is 0 Å². The summed E-state index contributed by atoms with van der Waals surface area (Å²) in [6, 6.07) is 7.42. The summed E-state index contributed by atoms with van der Waals surface area (Å²) < 4.78 is 22.0. The molecule has 2 aliphatic rings. The van der Waals surface area contributed by atoms with Crippen LogP contribution >= 0.6 is 0 Å². The fourth-order valence-electron chi connectivity index (χ4n) is 5.52. The summed E-state index contributed by atoms with van der Waals surface area (Å²) in [6.45, 7) is 6.68. The number of amides is 1. The SMILES string of the molecule is C[C@H]1CN(c2ccc(C(=O)Nc3cc(F)c4nn(C)cc4c3)c3nc([C@@H]4CCCO4)ncc23)C[C@H](C)N1. The summed E-state index contributed by atoms with van der Waals surface area (Å²) in [5.41, 5.74) is 2.59. The molecule has 0 saturated carbocycles. The van der Waals surface area contributed by atoms with Crippen LogP contribution in [-0.2, 0) is 11.8 Å². The van der Waals surface area contributed by atoms with Crippen LogP contribution in [0.4, 0.5) is 15.8 Å². The molecule has 1 amide bonds. The maximum atomic E-state index is 14.6. The quantitative estimate of drug-likeness (QED) is 0.435. The van der Waals surface area contributed by atoms with Gasteiger partial charge in [-0.1, -0.05) is 0 Å². The van der Waals surface area contributed by atoms with E-state index in [-0.39, 0.29) is 17.5 Å². The number of rotatable bonds is 4. The Hall–Kier alpha value is -3.63. The molecule has 2 aliphatic heterocycles. The minimum absolute atomic E-state index is 0.176. The lowest BCUT2D eigenvalue weighted by Crippen LogP contribution is -2.54. The molecule has 192 valence electrons. The van der Waals surface area contributed by atoms with E-state index in [1.165, 1.54) is 6.07 Å². The zero-order valence-electron chi connectivity index (χ0n) is 21.2. The van der Waals surface area contributed by atoms with Crippen LogP contribution < -0.4 is 15.5 Å². The fraction of sp³-hybridized carbons (Fsp3) is 0.407. The fourth-order valence-corrected chi connectivity index (χ4v) is 5.52. The normalized spacial score (nSPS) is 22.2. The number of nitrogens with zero attached hydrogens (tertiary/aromatic N) is 5. The Labute approximate surface area is 214 Å². The van der Waals surface area contributed by atoms with E-state index in [1.54, 1.807) is 30.1 Å². The van der Waals surface area contributed by atoms with Gasteiger partial charge in [0.25, 0.3) is 5.91 Å². The number of anilines is 2. The van der Waals surface area contributed by atoms with Gasteiger partial charge in [0.05, 0.1) is 11.1 Å². The first-order valence-electron chi connectivity index (χ1n) is 12.7. The number of hydrogen-bond donors (Lipinski definition) is 2. The smallest absolute Gasteiger partial charge is 0.257 e. The second kappa shape index (κ2) is 9.35. The van der Waals surface area contributed by atoms with E-state index in [1.807, 2.05) is 12.3 Å². The maximum Gasteiger partial charge on any atom is 0.257 e.